The van der Waals surface area contributed by atoms with Crippen LogP contribution < -0.4 is 18.3 Å². The molecule has 0 spiro atoms. The molecule has 0 bridgehead atoms. The van der Waals surface area contributed by atoms with E-state index in [0.29, 0.717) is 5.52 Å². The zero-order chi connectivity index (χ0) is 10.9. The maximum absolute atomic E-state index is 10.3. The predicted molar refractivity (Wildman–Crippen MR) is 42.4 cm³/mol. The Morgan fingerprint density at radius 2 is 1.73 bits per heavy atom. The van der Waals surface area contributed by atoms with Crippen LogP contribution in [0.15, 0.2) is 36.4 Å². The Kier molecular flexibility index (Phi) is 2.45. The van der Waals surface area contributed by atoms with Gasteiger partial charge in [0, 0.05) is 11.5 Å². The van der Waals surface area contributed by atoms with Gasteiger partial charge in [-0.05, 0) is 16.4 Å². The molecule has 0 radical (unpaired) electrons. The van der Waals surface area contributed by atoms with Crippen molar-refractivity contribution < 1.29 is 28.5 Å². The van der Waals surface area contributed by atoms with Crippen LogP contribution in [0.5, 0.6) is 5.88 Å². The normalized spacial score (nSPS) is 11.7. The molecule has 0 N–H and O–H groups in total. The van der Waals surface area contributed by atoms with Crippen LogP contribution in [0.2, 0.25) is 0 Å². The van der Waals surface area contributed by atoms with Crippen LogP contribution in [0.1, 0.15) is 0 Å². The van der Waals surface area contributed by atoms with Crippen molar-refractivity contribution in [3.63, 3.8) is 0 Å². The zero-order valence-corrected chi connectivity index (χ0v) is 8.18. The van der Waals surface area contributed by atoms with Crippen molar-refractivity contribution in [3.8, 4) is 5.88 Å². The number of hydrogen-bond acceptors (Lipinski definition) is 5. The third kappa shape index (κ3) is 2.54. The summed E-state index contributed by atoms with van der Waals surface area (Å²) in [5.74, 6) is -0.231. The first kappa shape index (κ1) is 10.1. The van der Waals surface area contributed by atoms with E-state index in [2.05, 4.69) is 9.27 Å². The summed E-state index contributed by atoms with van der Waals surface area (Å²) in [6.07, 6.45) is 0. The van der Waals surface area contributed by atoms with Gasteiger partial charge in [-0.2, -0.15) is 19.0 Å². The lowest BCUT2D eigenvalue weighted by molar-refractivity contribution is -1.91. The lowest BCUT2D eigenvalue weighted by atomic mass is 10.2. The number of para-hydroxylation sites is 1. The molecular formula is C9H6ClNO4. The molecule has 0 fully saturated rings. The Hall–Kier alpha value is -1.40. The molecule has 5 nitrogen and oxygen atoms in total. The van der Waals surface area contributed by atoms with Crippen molar-refractivity contribution in [2.45, 2.75) is 0 Å². The molecule has 0 unspecified atom stereocenters. The molecule has 0 aliphatic rings. The van der Waals surface area contributed by atoms with Crippen molar-refractivity contribution in [2.75, 3.05) is 0 Å². The molecule has 15 heavy (non-hydrogen) atoms. The van der Waals surface area contributed by atoms with Crippen molar-refractivity contribution >= 4 is 10.9 Å². The van der Waals surface area contributed by atoms with Gasteiger partial charge in [0.1, 0.15) is 10.2 Å². The van der Waals surface area contributed by atoms with Crippen LogP contribution in [0.3, 0.4) is 0 Å². The van der Waals surface area contributed by atoms with E-state index in [1.165, 1.54) is 6.07 Å². The van der Waals surface area contributed by atoms with Gasteiger partial charge in [0.2, 0.25) is 0 Å². The summed E-state index contributed by atoms with van der Waals surface area (Å²) < 4.78 is 35.0. The quantitative estimate of drug-likeness (QED) is 0.623. The zero-order valence-electron chi connectivity index (χ0n) is 7.42. The molecule has 0 saturated carbocycles. The molecule has 1 aromatic heterocycles. The predicted octanol–water partition coefficient (Wildman–Crippen LogP) is -1.49. The van der Waals surface area contributed by atoms with E-state index in [1.807, 2.05) is 12.1 Å². The summed E-state index contributed by atoms with van der Waals surface area (Å²) in [6, 6.07) is 10.0. The van der Waals surface area contributed by atoms with Crippen molar-refractivity contribution in [3.05, 3.63) is 36.4 Å². The standard InChI is InChI=1S/C9H6ClNO4/c12-10(13,14)15-9-6-5-7-3-1-2-4-8(7)11-9/h1-6H. The van der Waals surface area contributed by atoms with Crippen LogP contribution >= 0.6 is 0 Å². The molecule has 2 rings (SSSR count). The number of halogens is 1. The third-order valence-electron chi connectivity index (χ3n) is 1.75. The maximum atomic E-state index is 10.3. The number of benzene rings is 1. The monoisotopic (exact) mass is 227 g/mol. The van der Waals surface area contributed by atoms with E-state index in [9.17, 15) is 14.0 Å². The number of rotatable bonds is 2. The average molecular weight is 228 g/mol. The Morgan fingerprint density at radius 3 is 2.47 bits per heavy atom. The van der Waals surface area contributed by atoms with Crippen molar-refractivity contribution in [2.24, 2.45) is 0 Å². The molecule has 6 heteroatoms. The number of nitrogens with zero attached hydrogens (tertiary/aromatic N) is 1. The fourth-order valence-corrected chi connectivity index (χ4v) is 1.47. The molecule has 78 valence electrons. The van der Waals surface area contributed by atoms with E-state index in [1.54, 1.807) is 18.2 Å². The number of aromatic nitrogens is 1. The Labute approximate surface area is 87.3 Å². The number of pyridine rings is 1. The largest absolute Gasteiger partial charge is 0.381 e. The van der Waals surface area contributed by atoms with Crippen molar-refractivity contribution in [1.82, 2.24) is 4.98 Å². The minimum Gasteiger partial charge on any atom is -0.199 e. The van der Waals surface area contributed by atoms with Crippen LogP contribution in [0.4, 0.5) is 0 Å². The minimum absolute atomic E-state index is 0.231. The average Bonchev–Trinajstić information content (AvgIpc) is 2.15. The summed E-state index contributed by atoms with van der Waals surface area (Å²) in [6.45, 7) is 0. The van der Waals surface area contributed by atoms with Gasteiger partial charge in [0.15, 0.2) is 0 Å². The highest BCUT2D eigenvalue weighted by atomic mass is 35.7. The second-order valence-corrected chi connectivity index (χ2v) is 3.71. The smallest absolute Gasteiger partial charge is 0.199 e. The summed E-state index contributed by atoms with van der Waals surface area (Å²) in [4.78, 5) is 3.85. The molecule has 1 aromatic carbocycles. The second kappa shape index (κ2) is 3.63. The highest BCUT2D eigenvalue weighted by Gasteiger charge is 2.20. The van der Waals surface area contributed by atoms with Crippen LogP contribution in [-0.2, 0) is 0 Å². The van der Waals surface area contributed by atoms with Gasteiger partial charge in [-0.3, -0.25) is 0 Å². The van der Waals surface area contributed by atoms with Gasteiger partial charge < -0.3 is 0 Å². The second-order valence-electron chi connectivity index (χ2n) is 2.80. The van der Waals surface area contributed by atoms with E-state index >= 15 is 0 Å². The fourth-order valence-electron chi connectivity index (χ4n) is 1.19. The molecular weight excluding hydrogens is 222 g/mol. The lowest BCUT2D eigenvalue weighted by Gasteiger charge is -2.11. The fraction of sp³-hybridized carbons (Fsp3) is 0. The van der Waals surface area contributed by atoms with Crippen LogP contribution in [0, 0.1) is 10.2 Å². The molecule has 0 aliphatic heterocycles. The lowest BCUT2D eigenvalue weighted by Crippen LogP contribution is -2.63. The summed E-state index contributed by atoms with van der Waals surface area (Å²) in [5, 5.41) is 0.838. The first-order valence-electron chi connectivity index (χ1n) is 4.01. The number of hydrogen-bond donors (Lipinski definition) is 0. The maximum Gasteiger partial charge on any atom is 0.381 e. The van der Waals surface area contributed by atoms with Crippen molar-refractivity contribution in [1.29, 1.82) is 0 Å². The molecule has 0 aliphatic carbocycles. The first-order valence-corrected chi connectivity index (χ1v) is 5.24. The highest BCUT2D eigenvalue weighted by Crippen LogP contribution is 2.16. The van der Waals surface area contributed by atoms with Crippen LogP contribution in [-0.4, -0.2) is 4.98 Å². The highest BCUT2D eigenvalue weighted by molar-refractivity contribution is 5.78. The summed E-state index contributed by atoms with van der Waals surface area (Å²) in [7, 11) is -4.49. The van der Waals surface area contributed by atoms with E-state index in [4.69, 9.17) is 0 Å². The van der Waals surface area contributed by atoms with Crippen LogP contribution in [0.25, 0.3) is 10.9 Å². The Bertz CT molecular complexity index is 483. The first-order chi connectivity index (χ1) is 7.04. The topological polar surface area (TPSA) is 91.3 Å². The van der Waals surface area contributed by atoms with E-state index in [0.717, 1.165) is 5.39 Å². The van der Waals surface area contributed by atoms with Gasteiger partial charge in [-0.25, -0.2) is 0 Å². The molecule has 1 heterocycles. The molecule has 0 amide bonds. The SMILES string of the molecule is [O-][Cl+3]([O-])([O-])Oc1ccc2ccccc2n1. The summed E-state index contributed by atoms with van der Waals surface area (Å²) in [5.41, 5.74) is 0.564. The third-order valence-corrected chi connectivity index (χ3v) is 2.09. The Balaban J connectivity index is 2.39. The van der Waals surface area contributed by atoms with Gasteiger partial charge in [0.05, 0.1) is 5.52 Å². The minimum atomic E-state index is -4.49. The molecule has 2 aromatic rings. The van der Waals surface area contributed by atoms with Gasteiger partial charge >= 0.3 is 5.88 Å². The molecule has 0 saturated heterocycles. The Morgan fingerprint density at radius 1 is 1.00 bits per heavy atom. The van der Waals surface area contributed by atoms with E-state index in [-0.39, 0.29) is 5.88 Å². The van der Waals surface area contributed by atoms with Gasteiger partial charge in [0.25, 0.3) is 0 Å². The van der Waals surface area contributed by atoms with E-state index < -0.39 is 10.2 Å². The number of fused-ring (bicyclic) bond motifs is 1. The van der Waals surface area contributed by atoms with Gasteiger partial charge in [-0.15, -0.1) is 0 Å². The molecule has 0 atom stereocenters. The summed E-state index contributed by atoms with van der Waals surface area (Å²) >= 11 is 0. The van der Waals surface area contributed by atoms with Gasteiger partial charge in [-0.1, -0.05) is 18.2 Å².